The largest absolute Gasteiger partial charge is 0.465 e. The Bertz CT molecular complexity index is 689. The molecule has 0 aromatic carbocycles. The number of aromatic nitrogens is 2. The molecule has 122 valence electrons. The number of carbonyl (C=O) groups is 1. The second-order valence-corrected chi connectivity index (χ2v) is 6.01. The van der Waals surface area contributed by atoms with Crippen LogP contribution in [0.1, 0.15) is 30.0 Å². The van der Waals surface area contributed by atoms with Crippen LogP contribution in [0.25, 0.3) is 5.82 Å². The van der Waals surface area contributed by atoms with Gasteiger partial charge in [-0.2, -0.15) is 0 Å². The lowest BCUT2D eigenvalue weighted by atomic mass is 10.1. The van der Waals surface area contributed by atoms with Crippen molar-refractivity contribution in [2.75, 3.05) is 13.2 Å². The average Bonchev–Trinajstić information content (AvgIpc) is 2.87. The zero-order valence-electron chi connectivity index (χ0n) is 13.6. The number of carboxylic acid groups (broad SMARTS) is 1. The molecular weight excluding hydrogens is 294 g/mol. The van der Waals surface area contributed by atoms with Crippen LogP contribution in [-0.2, 0) is 4.74 Å². The van der Waals surface area contributed by atoms with E-state index in [9.17, 15) is 9.90 Å². The van der Waals surface area contributed by atoms with Crippen LogP contribution in [0.2, 0.25) is 0 Å². The monoisotopic (exact) mass is 315 g/mol. The van der Waals surface area contributed by atoms with Crippen LogP contribution in [-0.4, -0.2) is 44.8 Å². The van der Waals surface area contributed by atoms with Crippen molar-refractivity contribution in [2.45, 2.75) is 32.9 Å². The van der Waals surface area contributed by atoms with Crippen molar-refractivity contribution in [1.82, 2.24) is 14.5 Å². The van der Waals surface area contributed by atoms with E-state index in [2.05, 4.69) is 21.7 Å². The van der Waals surface area contributed by atoms with Crippen molar-refractivity contribution in [1.29, 1.82) is 0 Å². The molecule has 6 heteroatoms. The lowest BCUT2D eigenvalue weighted by Gasteiger charge is -2.36. The minimum Gasteiger partial charge on any atom is -0.465 e. The molecule has 2 aromatic rings. The number of pyridine rings is 1. The maximum Gasteiger partial charge on any atom is 0.407 e. The summed E-state index contributed by atoms with van der Waals surface area (Å²) < 4.78 is 7.86. The predicted octanol–water partition coefficient (Wildman–Crippen LogP) is 2.93. The van der Waals surface area contributed by atoms with Gasteiger partial charge < -0.3 is 19.3 Å². The van der Waals surface area contributed by atoms with E-state index in [4.69, 9.17) is 4.74 Å². The van der Waals surface area contributed by atoms with Crippen LogP contribution < -0.4 is 0 Å². The Morgan fingerprint density at radius 2 is 1.96 bits per heavy atom. The Hall–Kier alpha value is -2.34. The van der Waals surface area contributed by atoms with Gasteiger partial charge in [-0.15, -0.1) is 0 Å². The molecule has 3 rings (SSSR count). The third-order valence-corrected chi connectivity index (χ3v) is 4.32. The molecule has 0 aliphatic carbocycles. The van der Waals surface area contributed by atoms with Gasteiger partial charge in [0.2, 0.25) is 0 Å². The van der Waals surface area contributed by atoms with Gasteiger partial charge in [-0.05, 0) is 39.0 Å². The minimum atomic E-state index is -0.908. The fourth-order valence-corrected chi connectivity index (χ4v) is 2.97. The lowest BCUT2D eigenvalue weighted by molar-refractivity contribution is -0.0506. The number of ether oxygens (including phenoxy) is 1. The van der Waals surface area contributed by atoms with Gasteiger partial charge in [0, 0.05) is 23.1 Å². The quantitative estimate of drug-likeness (QED) is 0.925. The van der Waals surface area contributed by atoms with Crippen molar-refractivity contribution in [3.05, 3.63) is 47.4 Å². The summed E-state index contributed by atoms with van der Waals surface area (Å²) in [5.41, 5.74) is 3.15. The second-order valence-electron chi connectivity index (χ2n) is 6.01. The predicted molar refractivity (Wildman–Crippen MR) is 85.9 cm³/mol. The Kier molecular flexibility index (Phi) is 4.09. The Balaban J connectivity index is 1.81. The average molecular weight is 315 g/mol. The van der Waals surface area contributed by atoms with Gasteiger partial charge >= 0.3 is 6.09 Å². The number of aryl methyl sites for hydroxylation is 2. The van der Waals surface area contributed by atoms with E-state index in [1.54, 1.807) is 6.20 Å². The third kappa shape index (κ3) is 2.94. The molecule has 1 amide bonds. The Morgan fingerprint density at radius 3 is 2.52 bits per heavy atom. The molecule has 1 fully saturated rings. The van der Waals surface area contributed by atoms with Gasteiger partial charge in [0.15, 0.2) is 0 Å². The van der Waals surface area contributed by atoms with Crippen molar-refractivity contribution in [3.63, 3.8) is 0 Å². The van der Waals surface area contributed by atoms with Crippen molar-refractivity contribution < 1.29 is 14.6 Å². The molecule has 1 N–H and O–H groups in total. The van der Waals surface area contributed by atoms with E-state index in [0.717, 1.165) is 22.8 Å². The van der Waals surface area contributed by atoms with Crippen LogP contribution in [0.4, 0.5) is 4.79 Å². The van der Waals surface area contributed by atoms with Gasteiger partial charge in [0.25, 0.3) is 0 Å². The summed E-state index contributed by atoms with van der Waals surface area (Å²) in [6, 6.07) is 7.90. The number of rotatable bonds is 2. The molecule has 2 aromatic heterocycles. The number of nitrogens with zero attached hydrogens (tertiary/aromatic N) is 3. The van der Waals surface area contributed by atoms with Gasteiger partial charge in [0.1, 0.15) is 11.9 Å². The van der Waals surface area contributed by atoms with Gasteiger partial charge in [-0.25, -0.2) is 9.78 Å². The summed E-state index contributed by atoms with van der Waals surface area (Å²) >= 11 is 0. The molecule has 1 saturated heterocycles. The topological polar surface area (TPSA) is 67.6 Å². The summed E-state index contributed by atoms with van der Waals surface area (Å²) in [5.74, 6) is 0.855. The van der Waals surface area contributed by atoms with E-state index in [1.807, 2.05) is 32.9 Å². The first kappa shape index (κ1) is 15.6. The third-order valence-electron chi connectivity index (χ3n) is 4.32. The van der Waals surface area contributed by atoms with Crippen molar-refractivity contribution in [3.8, 4) is 5.82 Å². The van der Waals surface area contributed by atoms with Crippen LogP contribution in [0.3, 0.4) is 0 Å². The van der Waals surface area contributed by atoms with Crippen LogP contribution in [0.15, 0.2) is 30.5 Å². The molecule has 6 nitrogen and oxygen atoms in total. The SMILES string of the molecule is Cc1ccc(C)n1-c1ccc([C@@H]2CN(C(=O)O)[C@@H](C)CO2)cn1. The zero-order chi connectivity index (χ0) is 16.6. The van der Waals surface area contributed by atoms with Crippen molar-refractivity contribution in [2.24, 2.45) is 0 Å². The maximum atomic E-state index is 11.3. The number of hydrogen-bond donors (Lipinski definition) is 1. The Labute approximate surface area is 135 Å². The minimum absolute atomic E-state index is 0.124. The molecular formula is C17H21N3O3. The van der Waals surface area contributed by atoms with E-state index in [-0.39, 0.29) is 12.1 Å². The molecule has 0 saturated carbocycles. The maximum absolute atomic E-state index is 11.3. The van der Waals surface area contributed by atoms with E-state index in [0.29, 0.717) is 13.2 Å². The first-order valence-electron chi connectivity index (χ1n) is 7.70. The molecule has 3 heterocycles. The molecule has 1 aliphatic rings. The number of amides is 1. The lowest BCUT2D eigenvalue weighted by Crippen LogP contribution is -2.47. The zero-order valence-corrected chi connectivity index (χ0v) is 13.6. The summed E-state index contributed by atoms with van der Waals surface area (Å²) in [6.07, 6.45) is 0.596. The highest BCUT2D eigenvalue weighted by Crippen LogP contribution is 2.25. The van der Waals surface area contributed by atoms with E-state index >= 15 is 0 Å². The molecule has 0 radical (unpaired) electrons. The van der Waals surface area contributed by atoms with E-state index < -0.39 is 6.09 Å². The smallest absolute Gasteiger partial charge is 0.407 e. The fraction of sp³-hybridized carbons (Fsp3) is 0.412. The summed E-state index contributed by atoms with van der Waals surface area (Å²) in [6.45, 7) is 6.66. The van der Waals surface area contributed by atoms with Gasteiger partial charge in [-0.3, -0.25) is 0 Å². The van der Waals surface area contributed by atoms with Crippen LogP contribution >= 0.6 is 0 Å². The molecule has 0 bridgehead atoms. The van der Waals surface area contributed by atoms with Gasteiger partial charge in [-0.1, -0.05) is 6.07 Å². The fourth-order valence-electron chi connectivity index (χ4n) is 2.97. The van der Waals surface area contributed by atoms with E-state index in [1.165, 1.54) is 4.90 Å². The highest BCUT2D eigenvalue weighted by Gasteiger charge is 2.30. The van der Waals surface area contributed by atoms with Crippen LogP contribution in [0.5, 0.6) is 0 Å². The first-order valence-corrected chi connectivity index (χ1v) is 7.70. The second kappa shape index (κ2) is 6.04. The first-order chi connectivity index (χ1) is 11.0. The summed E-state index contributed by atoms with van der Waals surface area (Å²) in [5, 5.41) is 9.25. The van der Waals surface area contributed by atoms with Crippen molar-refractivity contribution >= 4 is 6.09 Å². The molecule has 23 heavy (non-hydrogen) atoms. The summed E-state index contributed by atoms with van der Waals surface area (Å²) in [4.78, 5) is 17.2. The molecule has 1 aliphatic heterocycles. The highest BCUT2D eigenvalue weighted by atomic mass is 16.5. The molecule has 0 spiro atoms. The number of hydrogen-bond acceptors (Lipinski definition) is 3. The van der Waals surface area contributed by atoms with Gasteiger partial charge in [0.05, 0.1) is 19.2 Å². The summed E-state index contributed by atoms with van der Waals surface area (Å²) in [7, 11) is 0. The molecule has 0 unspecified atom stereocenters. The van der Waals surface area contributed by atoms with Crippen LogP contribution in [0, 0.1) is 13.8 Å². The highest BCUT2D eigenvalue weighted by molar-refractivity contribution is 5.65. The Morgan fingerprint density at radius 1 is 1.26 bits per heavy atom. The number of morpholine rings is 1. The normalized spacial score (nSPS) is 21.4. The molecule has 2 atom stereocenters. The standard InChI is InChI=1S/C17H21N3O3/c1-11-4-5-12(2)20(11)16-7-6-14(8-18-16)15-9-19(17(21)22)13(3)10-23-15/h4-8,13,15H,9-10H2,1-3H3,(H,21,22)/t13-,15-/m0/s1.